The van der Waals surface area contributed by atoms with Crippen LogP contribution >= 0.6 is 0 Å². The number of nitro benzene ring substituents is 1. The van der Waals surface area contributed by atoms with Crippen molar-refractivity contribution in [2.24, 2.45) is 5.73 Å². The fourth-order valence-electron chi connectivity index (χ4n) is 4.60. The zero-order valence-corrected chi connectivity index (χ0v) is 21.0. The topological polar surface area (TPSA) is 103 Å². The van der Waals surface area contributed by atoms with E-state index >= 15 is 0 Å². The summed E-state index contributed by atoms with van der Waals surface area (Å²) in [7, 11) is 0. The third kappa shape index (κ3) is 5.33. The molecule has 7 heteroatoms. The van der Waals surface area contributed by atoms with Crippen LogP contribution in [-0.4, -0.2) is 15.4 Å². The fraction of sp³-hybridized carbons (Fsp3) is 0.129. The van der Waals surface area contributed by atoms with Crippen LogP contribution < -0.4 is 11.1 Å². The maximum atomic E-state index is 12.9. The van der Waals surface area contributed by atoms with E-state index in [1.165, 1.54) is 17.7 Å². The predicted octanol–water partition coefficient (Wildman–Crippen LogP) is 6.21. The van der Waals surface area contributed by atoms with E-state index in [0.717, 1.165) is 39.7 Å². The minimum atomic E-state index is -0.438. The van der Waals surface area contributed by atoms with E-state index in [4.69, 9.17) is 5.73 Å². The van der Waals surface area contributed by atoms with Crippen molar-refractivity contribution in [3.63, 3.8) is 0 Å². The van der Waals surface area contributed by atoms with Crippen LogP contribution in [0, 0.1) is 10.1 Å². The lowest BCUT2D eigenvalue weighted by Gasteiger charge is -2.14. The van der Waals surface area contributed by atoms with Crippen molar-refractivity contribution in [1.82, 2.24) is 9.88 Å². The van der Waals surface area contributed by atoms with Gasteiger partial charge in [0.2, 0.25) is 0 Å². The van der Waals surface area contributed by atoms with Gasteiger partial charge in [-0.2, -0.15) is 0 Å². The van der Waals surface area contributed by atoms with Gasteiger partial charge in [0, 0.05) is 47.9 Å². The Morgan fingerprint density at radius 3 is 2.39 bits per heavy atom. The molecule has 1 atom stereocenters. The minimum Gasteiger partial charge on any atom is -0.346 e. The summed E-state index contributed by atoms with van der Waals surface area (Å²) in [4.78, 5) is 23.3. The highest BCUT2D eigenvalue weighted by Crippen LogP contribution is 2.24. The monoisotopic (exact) mass is 504 g/mol. The molecule has 38 heavy (non-hydrogen) atoms. The van der Waals surface area contributed by atoms with E-state index in [1.54, 1.807) is 12.1 Å². The number of fused-ring (bicyclic) bond motifs is 1. The number of nitrogens with zero attached hydrogens (tertiary/aromatic N) is 2. The zero-order chi connectivity index (χ0) is 26.6. The first-order valence-corrected chi connectivity index (χ1v) is 12.4. The summed E-state index contributed by atoms with van der Waals surface area (Å²) in [5.74, 6) is -0.195. The van der Waals surface area contributed by atoms with Crippen molar-refractivity contribution >= 4 is 22.5 Å². The standard InChI is InChI=1S/C31H28N4O3/c1-21(24-9-12-29(13-10-24)35(37)38)33-31(36)28-11-14-30-27(18-28)15-16-34(30)20-22-5-7-25(8-6-22)26-4-2-3-23(17-26)19-32/h2-18,21H,19-20,32H2,1H3,(H,33,36)/t21-/m0/s1. The van der Waals surface area contributed by atoms with Gasteiger partial charge in [0.25, 0.3) is 11.6 Å². The number of benzene rings is 4. The number of nitro groups is 1. The van der Waals surface area contributed by atoms with Gasteiger partial charge >= 0.3 is 0 Å². The molecule has 1 aromatic heterocycles. The lowest BCUT2D eigenvalue weighted by molar-refractivity contribution is -0.384. The number of non-ortho nitro benzene ring substituents is 1. The van der Waals surface area contributed by atoms with Crippen LogP contribution in [0.25, 0.3) is 22.0 Å². The molecule has 5 aromatic rings. The normalized spacial score (nSPS) is 11.8. The Morgan fingerprint density at radius 1 is 0.921 bits per heavy atom. The molecular formula is C31H28N4O3. The molecule has 5 rings (SSSR count). The predicted molar refractivity (Wildman–Crippen MR) is 150 cm³/mol. The van der Waals surface area contributed by atoms with E-state index in [1.807, 2.05) is 49.5 Å². The molecule has 4 aromatic carbocycles. The summed E-state index contributed by atoms with van der Waals surface area (Å²) in [6.45, 7) is 3.10. The smallest absolute Gasteiger partial charge is 0.269 e. The van der Waals surface area contributed by atoms with Crippen molar-refractivity contribution in [3.05, 3.63) is 136 Å². The van der Waals surface area contributed by atoms with E-state index in [2.05, 4.69) is 46.3 Å². The molecule has 0 aliphatic rings. The number of amides is 1. The molecule has 0 aliphatic heterocycles. The number of hydrogen-bond acceptors (Lipinski definition) is 4. The Kier molecular flexibility index (Phi) is 7.02. The third-order valence-corrected chi connectivity index (χ3v) is 6.79. The number of carbonyl (C=O) groups is 1. The lowest BCUT2D eigenvalue weighted by atomic mass is 10.0. The molecule has 0 saturated carbocycles. The number of rotatable bonds is 8. The Labute approximate surface area is 220 Å². The molecule has 7 nitrogen and oxygen atoms in total. The maximum absolute atomic E-state index is 12.9. The van der Waals surface area contributed by atoms with Crippen molar-refractivity contribution in [2.75, 3.05) is 0 Å². The van der Waals surface area contributed by atoms with Crippen LogP contribution in [-0.2, 0) is 13.1 Å². The molecule has 0 unspecified atom stereocenters. The second-order valence-corrected chi connectivity index (χ2v) is 9.36. The number of carbonyl (C=O) groups excluding carboxylic acids is 1. The van der Waals surface area contributed by atoms with Gasteiger partial charge in [0.1, 0.15) is 0 Å². The van der Waals surface area contributed by atoms with Gasteiger partial charge in [-0.15, -0.1) is 0 Å². The van der Waals surface area contributed by atoms with Crippen molar-refractivity contribution < 1.29 is 9.72 Å². The zero-order valence-electron chi connectivity index (χ0n) is 21.0. The highest BCUT2D eigenvalue weighted by molar-refractivity contribution is 5.98. The van der Waals surface area contributed by atoms with Crippen molar-refractivity contribution in [1.29, 1.82) is 0 Å². The van der Waals surface area contributed by atoms with Crippen molar-refractivity contribution in [2.45, 2.75) is 26.1 Å². The molecule has 0 spiro atoms. The number of nitrogens with one attached hydrogen (secondary N) is 1. The van der Waals surface area contributed by atoms with Gasteiger partial charge in [0.15, 0.2) is 0 Å². The number of nitrogens with two attached hydrogens (primary N) is 1. The molecule has 0 fully saturated rings. The molecule has 3 N–H and O–H groups in total. The van der Waals surface area contributed by atoms with Gasteiger partial charge in [-0.25, -0.2) is 0 Å². The van der Waals surface area contributed by atoms with Gasteiger partial charge < -0.3 is 15.6 Å². The van der Waals surface area contributed by atoms with E-state index < -0.39 is 4.92 Å². The van der Waals surface area contributed by atoms with Crippen LogP contribution in [0.15, 0.2) is 103 Å². The van der Waals surface area contributed by atoms with Crippen LogP contribution in [0.3, 0.4) is 0 Å². The van der Waals surface area contributed by atoms with E-state index in [9.17, 15) is 14.9 Å². The highest BCUT2D eigenvalue weighted by atomic mass is 16.6. The molecule has 1 heterocycles. The maximum Gasteiger partial charge on any atom is 0.269 e. The quantitative estimate of drug-likeness (QED) is 0.194. The summed E-state index contributed by atoms with van der Waals surface area (Å²) in [6.07, 6.45) is 2.03. The molecule has 190 valence electrons. The fourth-order valence-corrected chi connectivity index (χ4v) is 4.60. The lowest BCUT2D eigenvalue weighted by Crippen LogP contribution is -2.26. The van der Waals surface area contributed by atoms with Crippen LogP contribution in [0.4, 0.5) is 5.69 Å². The molecule has 0 aliphatic carbocycles. The summed E-state index contributed by atoms with van der Waals surface area (Å²) in [6, 6.07) is 30.4. The largest absolute Gasteiger partial charge is 0.346 e. The Morgan fingerprint density at radius 2 is 1.68 bits per heavy atom. The first-order valence-electron chi connectivity index (χ1n) is 12.4. The van der Waals surface area contributed by atoms with Gasteiger partial charge in [-0.3, -0.25) is 14.9 Å². The van der Waals surface area contributed by atoms with Gasteiger partial charge in [-0.1, -0.05) is 54.6 Å². The molecule has 1 amide bonds. The van der Waals surface area contributed by atoms with Crippen molar-refractivity contribution in [3.8, 4) is 11.1 Å². The van der Waals surface area contributed by atoms with E-state index in [-0.39, 0.29) is 17.6 Å². The number of hydrogen-bond donors (Lipinski definition) is 2. The third-order valence-electron chi connectivity index (χ3n) is 6.79. The van der Waals surface area contributed by atoms with Crippen LogP contribution in [0.2, 0.25) is 0 Å². The Bertz CT molecular complexity index is 1610. The summed E-state index contributed by atoms with van der Waals surface area (Å²) >= 11 is 0. The minimum absolute atomic E-state index is 0.0236. The molecule has 0 bridgehead atoms. The average molecular weight is 505 g/mol. The highest BCUT2D eigenvalue weighted by Gasteiger charge is 2.14. The van der Waals surface area contributed by atoms with Crippen LogP contribution in [0.5, 0.6) is 0 Å². The first-order chi connectivity index (χ1) is 18.4. The second-order valence-electron chi connectivity index (χ2n) is 9.36. The summed E-state index contributed by atoms with van der Waals surface area (Å²) < 4.78 is 2.17. The van der Waals surface area contributed by atoms with Gasteiger partial charge in [0.05, 0.1) is 11.0 Å². The number of aromatic nitrogens is 1. The molecule has 0 saturated heterocycles. The first kappa shape index (κ1) is 24.9. The summed E-state index contributed by atoms with van der Waals surface area (Å²) in [5, 5.41) is 14.8. The van der Waals surface area contributed by atoms with E-state index in [0.29, 0.717) is 12.1 Å². The second kappa shape index (κ2) is 10.7. The van der Waals surface area contributed by atoms with Gasteiger partial charge in [-0.05, 0) is 65.1 Å². The summed E-state index contributed by atoms with van der Waals surface area (Å²) in [5.41, 5.74) is 12.8. The Balaban J connectivity index is 1.27. The van der Waals surface area contributed by atoms with Crippen LogP contribution in [0.1, 0.15) is 40.0 Å². The average Bonchev–Trinajstić information content (AvgIpc) is 3.35. The Hall–Kier alpha value is -4.75. The molecular weight excluding hydrogens is 476 g/mol. The molecule has 0 radical (unpaired) electrons. The SMILES string of the molecule is C[C@H](NC(=O)c1ccc2c(ccn2Cc2ccc(-c3cccc(CN)c3)cc2)c1)c1ccc([N+](=O)[O-])cc1.